The fourth-order valence-corrected chi connectivity index (χ4v) is 4.08. The SMILES string of the molecule is CCC(C)(C)C1=C(Cl)N(Cl)C(C(=O)O)(C(C)(C)C)N1Cl. The van der Waals surface area contributed by atoms with Crippen LogP contribution in [-0.4, -0.2) is 25.6 Å². The molecule has 0 bridgehead atoms. The number of carbonyl (C=O) groups is 1. The Bertz CT molecular complexity index is 457. The second-order valence-electron chi connectivity index (χ2n) is 6.67. The highest BCUT2D eigenvalue weighted by molar-refractivity contribution is 6.36. The molecule has 0 saturated heterocycles. The van der Waals surface area contributed by atoms with Crippen molar-refractivity contribution in [2.24, 2.45) is 10.8 Å². The number of carboxylic acids is 1. The zero-order valence-electron chi connectivity index (χ0n) is 12.6. The molecule has 1 N–H and O–H groups in total. The summed E-state index contributed by atoms with van der Waals surface area (Å²) in [4.78, 5) is 12.0. The third-order valence-electron chi connectivity index (χ3n) is 4.00. The van der Waals surface area contributed by atoms with E-state index >= 15 is 0 Å². The van der Waals surface area contributed by atoms with Crippen molar-refractivity contribution in [3.8, 4) is 0 Å². The summed E-state index contributed by atoms with van der Waals surface area (Å²) in [6.07, 6.45) is 0.742. The smallest absolute Gasteiger partial charge is 0.353 e. The summed E-state index contributed by atoms with van der Waals surface area (Å²) >= 11 is 19.0. The normalized spacial score (nSPS) is 24.6. The summed E-state index contributed by atoms with van der Waals surface area (Å²) in [6, 6.07) is 0. The van der Waals surface area contributed by atoms with Crippen LogP contribution >= 0.6 is 35.2 Å². The van der Waals surface area contributed by atoms with Gasteiger partial charge in [0.05, 0.1) is 5.70 Å². The van der Waals surface area contributed by atoms with E-state index in [0.717, 1.165) is 10.8 Å². The van der Waals surface area contributed by atoms with E-state index in [9.17, 15) is 9.90 Å². The van der Waals surface area contributed by atoms with Crippen molar-refractivity contribution in [2.45, 2.75) is 53.6 Å². The fourth-order valence-electron chi connectivity index (χ4n) is 2.35. The summed E-state index contributed by atoms with van der Waals surface area (Å²) in [5.41, 5.74) is -2.28. The van der Waals surface area contributed by atoms with Crippen molar-refractivity contribution >= 4 is 41.1 Å². The molecular weight excluding hydrogens is 323 g/mol. The Morgan fingerprint density at radius 1 is 1.20 bits per heavy atom. The fraction of sp³-hybridized carbons (Fsp3) is 0.769. The van der Waals surface area contributed by atoms with Crippen LogP contribution in [0.2, 0.25) is 0 Å². The van der Waals surface area contributed by atoms with Gasteiger partial charge >= 0.3 is 5.97 Å². The standard InChI is InChI=1S/C13H21Cl3N2O2/c1-7-12(5,6)8-9(14)18(16)13(10(19)20,17(8)15)11(2,3)4/h7H2,1-6H3,(H,19,20). The van der Waals surface area contributed by atoms with E-state index in [1.807, 2.05) is 20.8 Å². The second-order valence-corrected chi connectivity index (χ2v) is 7.70. The molecule has 0 aliphatic carbocycles. The maximum Gasteiger partial charge on any atom is 0.353 e. The average molecular weight is 344 g/mol. The zero-order valence-corrected chi connectivity index (χ0v) is 14.9. The first-order chi connectivity index (χ1) is 8.85. The first-order valence-electron chi connectivity index (χ1n) is 6.41. The van der Waals surface area contributed by atoms with Crippen LogP contribution in [-0.2, 0) is 4.79 Å². The van der Waals surface area contributed by atoms with Crippen LogP contribution in [0.5, 0.6) is 0 Å². The molecule has 4 nitrogen and oxygen atoms in total. The Balaban J connectivity index is 3.57. The van der Waals surface area contributed by atoms with Gasteiger partial charge in [-0.3, -0.25) is 0 Å². The van der Waals surface area contributed by atoms with E-state index in [-0.39, 0.29) is 5.16 Å². The highest BCUT2D eigenvalue weighted by Crippen LogP contribution is 2.55. The monoisotopic (exact) mass is 342 g/mol. The molecule has 1 rings (SSSR count). The van der Waals surface area contributed by atoms with Gasteiger partial charge in [-0.05, 0) is 6.42 Å². The van der Waals surface area contributed by atoms with Gasteiger partial charge in [0.1, 0.15) is 5.16 Å². The van der Waals surface area contributed by atoms with Gasteiger partial charge in [-0.2, -0.15) is 0 Å². The Morgan fingerprint density at radius 3 is 1.90 bits per heavy atom. The molecule has 1 heterocycles. The molecule has 0 radical (unpaired) electrons. The number of nitrogens with zero attached hydrogens (tertiary/aromatic N) is 2. The molecule has 0 saturated carbocycles. The number of carboxylic acid groups (broad SMARTS) is 1. The predicted octanol–water partition coefficient (Wildman–Crippen LogP) is 4.58. The van der Waals surface area contributed by atoms with Crippen molar-refractivity contribution in [1.82, 2.24) is 8.84 Å². The van der Waals surface area contributed by atoms with Crippen molar-refractivity contribution in [3.05, 3.63) is 10.9 Å². The van der Waals surface area contributed by atoms with Crippen LogP contribution in [0.15, 0.2) is 10.9 Å². The van der Waals surface area contributed by atoms with Gasteiger partial charge in [-0.1, -0.05) is 53.1 Å². The highest BCUT2D eigenvalue weighted by atomic mass is 35.5. The lowest BCUT2D eigenvalue weighted by Gasteiger charge is -2.46. The molecule has 1 aliphatic heterocycles. The minimum atomic E-state index is -1.64. The quantitative estimate of drug-likeness (QED) is 0.601. The van der Waals surface area contributed by atoms with Crippen LogP contribution in [0.3, 0.4) is 0 Å². The van der Waals surface area contributed by atoms with E-state index < -0.39 is 22.5 Å². The Kier molecular flexibility index (Phi) is 4.56. The third kappa shape index (κ3) is 2.16. The molecule has 0 aromatic carbocycles. The average Bonchev–Trinajstić information content (AvgIpc) is 2.47. The number of rotatable bonds is 3. The molecule has 7 heteroatoms. The molecule has 0 amide bonds. The molecule has 1 aliphatic rings. The number of hydrogen-bond donors (Lipinski definition) is 1. The molecule has 0 aromatic rings. The minimum absolute atomic E-state index is 0.158. The molecular formula is C13H21Cl3N2O2. The van der Waals surface area contributed by atoms with Gasteiger partial charge in [-0.15, -0.1) is 0 Å². The molecule has 20 heavy (non-hydrogen) atoms. The van der Waals surface area contributed by atoms with Gasteiger partial charge < -0.3 is 5.11 Å². The lowest BCUT2D eigenvalue weighted by atomic mass is 9.79. The Hall–Kier alpha value is -0.320. The molecule has 116 valence electrons. The van der Waals surface area contributed by atoms with Gasteiger partial charge in [0, 0.05) is 34.4 Å². The lowest BCUT2D eigenvalue weighted by Crippen LogP contribution is -2.63. The highest BCUT2D eigenvalue weighted by Gasteiger charge is 2.65. The van der Waals surface area contributed by atoms with Crippen molar-refractivity contribution < 1.29 is 9.90 Å². The molecule has 0 fully saturated rings. The van der Waals surface area contributed by atoms with Crippen LogP contribution in [0.25, 0.3) is 0 Å². The van der Waals surface area contributed by atoms with Gasteiger partial charge in [0.2, 0.25) is 5.66 Å². The van der Waals surface area contributed by atoms with Crippen molar-refractivity contribution in [3.63, 3.8) is 0 Å². The number of aliphatic carboxylic acids is 1. The minimum Gasteiger partial charge on any atom is -0.478 e. The Morgan fingerprint density at radius 2 is 1.65 bits per heavy atom. The summed E-state index contributed by atoms with van der Waals surface area (Å²) in [6.45, 7) is 11.2. The van der Waals surface area contributed by atoms with Gasteiger partial charge in [0.15, 0.2) is 0 Å². The van der Waals surface area contributed by atoms with E-state index in [1.165, 1.54) is 4.42 Å². The summed E-state index contributed by atoms with van der Waals surface area (Å²) in [5, 5.41) is 9.93. The maximum atomic E-state index is 12.0. The first-order valence-corrected chi connectivity index (χ1v) is 7.46. The predicted molar refractivity (Wildman–Crippen MR) is 82.2 cm³/mol. The third-order valence-corrected chi connectivity index (χ3v) is 5.26. The summed E-state index contributed by atoms with van der Waals surface area (Å²) in [5.74, 6) is -1.14. The molecule has 0 aromatic heterocycles. The number of halogens is 3. The van der Waals surface area contributed by atoms with E-state index in [1.54, 1.807) is 20.8 Å². The van der Waals surface area contributed by atoms with Crippen LogP contribution in [0.1, 0.15) is 48.0 Å². The molecule has 1 unspecified atom stereocenters. The van der Waals surface area contributed by atoms with Crippen LogP contribution in [0, 0.1) is 10.8 Å². The Labute approximate surface area is 135 Å². The number of allylic oxidation sites excluding steroid dienone is 1. The second kappa shape index (κ2) is 5.15. The molecule has 0 spiro atoms. The van der Waals surface area contributed by atoms with Crippen LogP contribution in [0.4, 0.5) is 0 Å². The number of hydrogen-bond acceptors (Lipinski definition) is 3. The van der Waals surface area contributed by atoms with Crippen molar-refractivity contribution in [1.29, 1.82) is 0 Å². The van der Waals surface area contributed by atoms with Gasteiger partial charge in [-0.25, -0.2) is 13.6 Å². The van der Waals surface area contributed by atoms with E-state index in [0.29, 0.717) is 5.70 Å². The first kappa shape index (κ1) is 17.7. The lowest BCUT2D eigenvalue weighted by molar-refractivity contribution is -0.161. The van der Waals surface area contributed by atoms with Crippen molar-refractivity contribution in [2.75, 3.05) is 0 Å². The van der Waals surface area contributed by atoms with E-state index in [2.05, 4.69) is 0 Å². The zero-order chi connectivity index (χ0) is 16.1. The van der Waals surface area contributed by atoms with Gasteiger partial charge in [0.25, 0.3) is 0 Å². The largest absolute Gasteiger partial charge is 0.478 e. The summed E-state index contributed by atoms with van der Waals surface area (Å²) < 4.78 is 2.23. The molecule has 1 atom stereocenters. The maximum absolute atomic E-state index is 12.0. The van der Waals surface area contributed by atoms with Crippen LogP contribution < -0.4 is 0 Å². The topological polar surface area (TPSA) is 43.8 Å². The van der Waals surface area contributed by atoms with E-state index in [4.69, 9.17) is 35.2 Å². The summed E-state index contributed by atoms with van der Waals surface area (Å²) in [7, 11) is 0.